The maximum atomic E-state index is 12.4. The Morgan fingerprint density at radius 1 is 1.21 bits per heavy atom. The third kappa shape index (κ3) is 4.11. The average molecular weight is 325 g/mol. The van der Waals surface area contributed by atoms with Gasteiger partial charge in [0.25, 0.3) is 5.91 Å². The number of benzene rings is 1. The van der Waals surface area contributed by atoms with E-state index in [0.717, 1.165) is 24.3 Å². The van der Waals surface area contributed by atoms with Crippen LogP contribution in [0.3, 0.4) is 0 Å². The fourth-order valence-electron chi connectivity index (χ4n) is 3.00. The van der Waals surface area contributed by atoms with E-state index >= 15 is 0 Å². The molecule has 1 aliphatic rings. The summed E-state index contributed by atoms with van der Waals surface area (Å²) in [4.78, 5) is 18.8. The highest BCUT2D eigenvalue weighted by molar-refractivity contribution is 5.93. The van der Waals surface area contributed by atoms with E-state index in [1.54, 1.807) is 6.20 Å². The zero-order valence-electron chi connectivity index (χ0n) is 14.1. The van der Waals surface area contributed by atoms with Crippen molar-refractivity contribution in [3.05, 3.63) is 59.9 Å². The summed E-state index contributed by atoms with van der Waals surface area (Å²) < 4.78 is 5.77. The summed E-state index contributed by atoms with van der Waals surface area (Å²) in [7, 11) is 0. The molecule has 0 radical (unpaired) electrons. The lowest BCUT2D eigenvalue weighted by Crippen LogP contribution is -2.45. The smallest absolute Gasteiger partial charge is 0.270 e. The normalized spacial score (nSPS) is 20.7. The summed E-state index contributed by atoms with van der Waals surface area (Å²) >= 11 is 0. The lowest BCUT2D eigenvalue weighted by Gasteiger charge is -2.36. The van der Waals surface area contributed by atoms with Gasteiger partial charge in [-0.05, 0) is 31.5 Å². The minimum Gasteiger partial charge on any atom is -0.372 e. The van der Waals surface area contributed by atoms with Gasteiger partial charge < -0.3 is 15.0 Å². The fraction of sp³-hybridized carbons (Fsp3) is 0.368. The second-order valence-corrected chi connectivity index (χ2v) is 6.23. The maximum Gasteiger partial charge on any atom is 0.270 e. The van der Waals surface area contributed by atoms with Gasteiger partial charge in [-0.2, -0.15) is 0 Å². The summed E-state index contributed by atoms with van der Waals surface area (Å²) in [6.07, 6.45) is 2.05. The molecule has 1 fully saturated rings. The lowest BCUT2D eigenvalue weighted by molar-refractivity contribution is -0.00522. The molecule has 1 aliphatic heterocycles. The van der Waals surface area contributed by atoms with Crippen LogP contribution in [0.25, 0.3) is 0 Å². The average Bonchev–Trinajstić information content (AvgIpc) is 2.60. The highest BCUT2D eigenvalue weighted by Crippen LogP contribution is 2.20. The number of carbonyl (C=O) groups excluding carboxylic acids is 1. The number of hydrogen-bond donors (Lipinski definition) is 1. The van der Waals surface area contributed by atoms with Crippen molar-refractivity contribution in [2.24, 2.45) is 0 Å². The highest BCUT2D eigenvalue weighted by atomic mass is 16.5. The number of ether oxygens (including phenoxy) is 1. The standard InChI is InChI=1S/C19H23N3O2/c1-14-12-22(13-15(2)24-14)17-8-9-20-18(10-17)19(23)21-11-16-6-4-3-5-7-16/h3-10,14-15H,11-13H2,1-2H3,(H,21,23). The van der Waals surface area contributed by atoms with Crippen LogP contribution in [0.4, 0.5) is 5.69 Å². The van der Waals surface area contributed by atoms with Crippen LogP contribution in [0.1, 0.15) is 29.9 Å². The molecule has 126 valence electrons. The van der Waals surface area contributed by atoms with Crippen LogP contribution < -0.4 is 10.2 Å². The third-order valence-electron chi connectivity index (χ3n) is 4.06. The Balaban J connectivity index is 1.67. The number of nitrogens with one attached hydrogen (secondary N) is 1. The summed E-state index contributed by atoms with van der Waals surface area (Å²) in [5.74, 6) is -0.157. The van der Waals surface area contributed by atoms with Crippen LogP contribution >= 0.6 is 0 Å². The Kier molecular flexibility index (Phi) is 5.11. The first kappa shape index (κ1) is 16.5. The van der Waals surface area contributed by atoms with Crippen LogP contribution in [0, 0.1) is 0 Å². The van der Waals surface area contributed by atoms with Crippen LogP contribution in [-0.4, -0.2) is 36.2 Å². The second-order valence-electron chi connectivity index (χ2n) is 6.23. The van der Waals surface area contributed by atoms with Gasteiger partial charge in [-0.3, -0.25) is 9.78 Å². The Labute approximate surface area is 142 Å². The van der Waals surface area contributed by atoms with Crippen LogP contribution in [-0.2, 0) is 11.3 Å². The molecule has 0 saturated carbocycles. The predicted octanol–water partition coefficient (Wildman–Crippen LogP) is 2.63. The Bertz CT molecular complexity index is 680. The summed E-state index contributed by atoms with van der Waals surface area (Å²) in [5, 5.41) is 2.92. The number of aromatic nitrogens is 1. The summed E-state index contributed by atoms with van der Waals surface area (Å²) in [6, 6.07) is 13.6. The Hall–Kier alpha value is -2.40. The van der Waals surface area contributed by atoms with E-state index < -0.39 is 0 Å². The van der Waals surface area contributed by atoms with Crippen molar-refractivity contribution in [3.8, 4) is 0 Å². The van der Waals surface area contributed by atoms with Crippen LogP contribution in [0.5, 0.6) is 0 Å². The van der Waals surface area contributed by atoms with Crippen LogP contribution in [0.2, 0.25) is 0 Å². The van der Waals surface area contributed by atoms with Crippen molar-refractivity contribution in [1.82, 2.24) is 10.3 Å². The van der Waals surface area contributed by atoms with Crippen molar-refractivity contribution >= 4 is 11.6 Å². The molecule has 0 spiro atoms. The highest BCUT2D eigenvalue weighted by Gasteiger charge is 2.23. The van der Waals surface area contributed by atoms with Gasteiger partial charge in [0.05, 0.1) is 12.2 Å². The molecular formula is C19H23N3O2. The van der Waals surface area contributed by atoms with E-state index in [-0.39, 0.29) is 18.1 Å². The van der Waals surface area contributed by atoms with Crippen molar-refractivity contribution < 1.29 is 9.53 Å². The molecule has 2 unspecified atom stereocenters. The van der Waals surface area contributed by atoms with E-state index in [0.29, 0.717) is 12.2 Å². The first-order valence-corrected chi connectivity index (χ1v) is 8.30. The molecule has 2 heterocycles. The molecule has 2 aromatic rings. The van der Waals surface area contributed by atoms with E-state index in [1.165, 1.54) is 0 Å². The zero-order valence-corrected chi connectivity index (χ0v) is 14.1. The number of carbonyl (C=O) groups is 1. The Morgan fingerprint density at radius 3 is 2.62 bits per heavy atom. The van der Waals surface area contributed by atoms with Gasteiger partial charge in [0, 0.05) is 31.5 Å². The summed E-state index contributed by atoms with van der Waals surface area (Å²) in [5.41, 5.74) is 2.52. The minimum absolute atomic E-state index is 0.157. The molecule has 5 heteroatoms. The zero-order chi connectivity index (χ0) is 16.9. The molecule has 24 heavy (non-hydrogen) atoms. The molecule has 5 nitrogen and oxygen atoms in total. The maximum absolute atomic E-state index is 12.4. The van der Waals surface area contributed by atoms with Crippen molar-refractivity contribution in [2.75, 3.05) is 18.0 Å². The van der Waals surface area contributed by atoms with Gasteiger partial charge in [-0.15, -0.1) is 0 Å². The van der Waals surface area contributed by atoms with Crippen molar-refractivity contribution in [3.63, 3.8) is 0 Å². The first-order chi connectivity index (χ1) is 11.6. The molecule has 1 aromatic heterocycles. The Morgan fingerprint density at radius 2 is 1.92 bits per heavy atom. The lowest BCUT2D eigenvalue weighted by atomic mass is 10.2. The van der Waals surface area contributed by atoms with Crippen LogP contribution in [0.15, 0.2) is 48.7 Å². The van der Waals surface area contributed by atoms with Gasteiger partial charge in [0.1, 0.15) is 5.69 Å². The van der Waals surface area contributed by atoms with Gasteiger partial charge in [-0.1, -0.05) is 30.3 Å². The van der Waals surface area contributed by atoms with E-state index in [2.05, 4.69) is 29.0 Å². The molecule has 0 bridgehead atoms. The van der Waals surface area contributed by atoms with Crippen molar-refractivity contribution in [2.45, 2.75) is 32.6 Å². The number of anilines is 1. The summed E-state index contributed by atoms with van der Waals surface area (Å²) in [6.45, 7) is 6.27. The number of morpholine rings is 1. The number of rotatable bonds is 4. The number of hydrogen-bond acceptors (Lipinski definition) is 4. The molecule has 1 N–H and O–H groups in total. The molecule has 1 amide bonds. The fourth-order valence-corrected chi connectivity index (χ4v) is 3.00. The third-order valence-corrected chi connectivity index (χ3v) is 4.06. The number of pyridine rings is 1. The SMILES string of the molecule is CC1CN(c2ccnc(C(=O)NCc3ccccc3)c2)CC(C)O1. The molecule has 1 aromatic carbocycles. The minimum atomic E-state index is -0.157. The van der Waals surface area contributed by atoms with E-state index in [1.807, 2.05) is 42.5 Å². The first-order valence-electron chi connectivity index (χ1n) is 8.30. The predicted molar refractivity (Wildman–Crippen MR) is 94.1 cm³/mol. The molecular weight excluding hydrogens is 302 g/mol. The number of nitrogens with zero attached hydrogens (tertiary/aromatic N) is 2. The topological polar surface area (TPSA) is 54.5 Å². The number of amides is 1. The van der Waals surface area contributed by atoms with E-state index in [9.17, 15) is 4.79 Å². The van der Waals surface area contributed by atoms with Gasteiger partial charge in [-0.25, -0.2) is 0 Å². The molecule has 2 atom stereocenters. The second kappa shape index (κ2) is 7.45. The van der Waals surface area contributed by atoms with Gasteiger partial charge >= 0.3 is 0 Å². The molecule has 0 aliphatic carbocycles. The largest absolute Gasteiger partial charge is 0.372 e. The monoisotopic (exact) mass is 325 g/mol. The van der Waals surface area contributed by atoms with Crippen molar-refractivity contribution in [1.29, 1.82) is 0 Å². The molecule has 3 rings (SSSR count). The molecule has 1 saturated heterocycles. The van der Waals surface area contributed by atoms with Gasteiger partial charge in [0.15, 0.2) is 0 Å². The van der Waals surface area contributed by atoms with E-state index in [4.69, 9.17) is 4.74 Å². The quantitative estimate of drug-likeness (QED) is 0.939. The van der Waals surface area contributed by atoms with Gasteiger partial charge in [0.2, 0.25) is 0 Å².